The van der Waals surface area contributed by atoms with Crippen LogP contribution in [0.25, 0.3) is 11.0 Å². The zero-order chi connectivity index (χ0) is 15.0. The van der Waals surface area contributed by atoms with Crippen LogP contribution in [0.5, 0.6) is 5.75 Å². The molecule has 0 spiro atoms. The van der Waals surface area contributed by atoms with Gasteiger partial charge < -0.3 is 14.7 Å². The maximum Gasteiger partial charge on any atom is 0.254 e. The first-order chi connectivity index (χ1) is 10.0. The van der Waals surface area contributed by atoms with Crippen molar-refractivity contribution in [2.24, 2.45) is 0 Å². The van der Waals surface area contributed by atoms with Gasteiger partial charge in [0.15, 0.2) is 0 Å². The predicted octanol–water partition coefficient (Wildman–Crippen LogP) is 2.12. The molecule has 1 aromatic carbocycles. The molecule has 0 aliphatic rings. The lowest BCUT2D eigenvalue weighted by molar-refractivity contribution is 0.469. The summed E-state index contributed by atoms with van der Waals surface area (Å²) in [6.45, 7) is 2.20. The van der Waals surface area contributed by atoms with Gasteiger partial charge in [-0.1, -0.05) is 0 Å². The smallest absolute Gasteiger partial charge is 0.254 e. The SMILES string of the molecule is Cc1cc(O)cc(=O)n1CCc1nc2ccc(F)cc2[nH]1. The number of aryl methyl sites for hydroxylation is 2. The molecule has 0 unspecified atom stereocenters. The van der Waals surface area contributed by atoms with E-state index in [4.69, 9.17) is 0 Å². The Morgan fingerprint density at radius 1 is 1.33 bits per heavy atom. The number of benzene rings is 1. The van der Waals surface area contributed by atoms with Crippen molar-refractivity contribution in [2.75, 3.05) is 0 Å². The number of nitrogens with zero attached hydrogens (tertiary/aromatic N) is 2. The van der Waals surface area contributed by atoms with Crippen LogP contribution < -0.4 is 5.56 Å². The summed E-state index contributed by atoms with van der Waals surface area (Å²) in [6.07, 6.45) is 0.516. The van der Waals surface area contributed by atoms with Crippen LogP contribution in [0.2, 0.25) is 0 Å². The Bertz CT molecular complexity index is 867. The van der Waals surface area contributed by atoms with E-state index >= 15 is 0 Å². The van der Waals surface area contributed by atoms with E-state index in [-0.39, 0.29) is 17.1 Å². The van der Waals surface area contributed by atoms with Crippen molar-refractivity contribution in [1.29, 1.82) is 0 Å². The molecule has 2 heterocycles. The van der Waals surface area contributed by atoms with Gasteiger partial charge in [-0.15, -0.1) is 0 Å². The first kappa shape index (κ1) is 13.4. The highest BCUT2D eigenvalue weighted by Crippen LogP contribution is 2.14. The molecule has 21 heavy (non-hydrogen) atoms. The predicted molar refractivity (Wildman–Crippen MR) is 76.9 cm³/mol. The highest BCUT2D eigenvalue weighted by molar-refractivity contribution is 5.74. The summed E-state index contributed by atoms with van der Waals surface area (Å²) in [5.74, 6) is 0.339. The van der Waals surface area contributed by atoms with E-state index in [1.54, 1.807) is 17.6 Å². The van der Waals surface area contributed by atoms with Gasteiger partial charge in [0, 0.05) is 24.7 Å². The van der Waals surface area contributed by atoms with Crippen LogP contribution in [0.4, 0.5) is 4.39 Å². The zero-order valence-corrected chi connectivity index (χ0v) is 11.4. The molecule has 3 aromatic rings. The van der Waals surface area contributed by atoms with Crippen molar-refractivity contribution in [1.82, 2.24) is 14.5 Å². The Kier molecular flexibility index (Phi) is 3.21. The number of aromatic amines is 1. The van der Waals surface area contributed by atoms with Crippen LogP contribution in [0.1, 0.15) is 11.5 Å². The highest BCUT2D eigenvalue weighted by Gasteiger charge is 2.07. The lowest BCUT2D eigenvalue weighted by Gasteiger charge is -2.08. The van der Waals surface area contributed by atoms with Crippen LogP contribution in [0, 0.1) is 12.7 Å². The molecule has 0 saturated heterocycles. The molecule has 0 bridgehead atoms. The number of H-pyrrole nitrogens is 1. The number of hydrogen-bond acceptors (Lipinski definition) is 3. The maximum atomic E-state index is 13.1. The molecule has 0 aliphatic heterocycles. The van der Waals surface area contributed by atoms with Crippen LogP contribution in [-0.2, 0) is 13.0 Å². The molecule has 3 rings (SSSR count). The molecular weight excluding hydrogens is 273 g/mol. The minimum Gasteiger partial charge on any atom is -0.508 e. The number of imidazole rings is 1. The van der Waals surface area contributed by atoms with Gasteiger partial charge in [-0.05, 0) is 31.2 Å². The second-order valence-electron chi connectivity index (χ2n) is 4.94. The summed E-state index contributed by atoms with van der Waals surface area (Å²) in [6, 6.07) is 7.09. The molecule has 0 amide bonds. The normalized spacial score (nSPS) is 11.1. The minimum atomic E-state index is -0.316. The molecular formula is C15H14FN3O2. The molecule has 6 heteroatoms. The van der Waals surface area contributed by atoms with Crippen molar-refractivity contribution in [3.63, 3.8) is 0 Å². The third kappa shape index (κ3) is 2.65. The summed E-state index contributed by atoms with van der Waals surface area (Å²) < 4.78 is 14.7. The first-order valence-electron chi connectivity index (χ1n) is 6.57. The van der Waals surface area contributed by atoms with Gasteiger partial charge in [0.25, 0.3) is 5.56 Å². The first-order valence-corrected chi connectivity index (χ1v) is 6.57. The van der Waals surface area contributed by atoms with Gasteiger partial charge in [0.1, 0.15) is 17.4 Å². The van der Waals surface area contributed by atoms with Crippen LogP contribution in [-0.4, -0.2) is 19.6 Å². The molecule has 0 radical (unpaired) electrons. The summed E-state index contributed by atoms with van der Waals surface area (Å²) in [4.78, 5) is 19.2. The second-order valence-corrected chi connectivity index (χ2v) is 4.94. The fraction of sp³-hybridized carbons (Fsp3) is 0.200. The van der Waals surface area contributed by atoms with Crippen LogP contribution in [0.3, 0.4) is 0 Å². The number of halogens is 1. The van der Waals surface area contributed by atoms with E-state index in [9.17, 15) is 14.3 Å². The monoisotopic (exact) mass is 287 g/mol. The molecule has 0 aliphatic carbocycles. The van der Waals surface area contributed by atoms with E-state index < -0.39 is 0 Å². The quantitative estimate of drug-likeness (QED) is 0.775. The number of fused-ring (bicyclic) bond motifs is 1. The van der Waals surface area contributed by atoms with E-state index in [1.165, 1.54) is 24.3 Å². The number of pyridine rings is 1. The Morgan fingerprint density at radius 2 is 2.14 bits per heavy atom. The topological polar surface area (TPSA) is 70.9 Å². The number of hydrogen-bond donors (Lipinski definition) is 2. The largest absolute Gasteiger partial charge is 0.508 e. The fourth-order valence-corrected chi connectivity index (χ4v) is 2.37. The van der Waals surface area contributed by atoms with Crippen molar-refractivity contribution in [3.05, 3.63) is 58.0 Å². The Morgan fingerprint density at radius 3 is 2.90 bits per heavy atom. The molecule has 108 valence electrons. The molecule has 0 fully saturated rings. The summed E-state index contributed by atoms with van der Waals surface area (Å²) in [7, 11) is 0. The molecule has 5 nitrogen and oxygen atoms in total. The van der Waals surface area contributed by atoms with Crippen LogP contribution in [0.15, 0.2) is 35.1 Å². The summed E-state index contributed by atoms with van der Waals surface area (Å²) in [5, 5.41) is 9.36. The van der Waals surface area contributed by atoms with Crippen molar-refractivity contribution in [2.45, 2.75) is 19.9 Å². The summed E-state index contributed by atoms with van der Waals surface area (Å²) >= 11 is 0. The van der Waals surface area contributed by atoms with Gasteiger partial charge >= 0.3 is 0 Å². The number of nitrogens with one attached hydrogen (secondary N) is 1. The van der Waals surface area contributed by atoms with Crippen molar-refractivity contribution >= 4 is 11.0 Å². The average Bonchev–Trinajstić information content (AvgIpc) is 2.79. The zero-order valence-electron chi connectivity index (χ0n) is 11.4. The van der Waals surface area contributed by atoms with Gasteiger partial charge in [-0.2, -0.15) is 0 Å². The van der Waals surface area contributed by atoms with E-state index in [2.05, 4.69) is 9.97 Å². The van der Waals surface area contributed by atoms with Gasteiger partial charge in [-0.25, -0.2) is 9.37 Å². The van der Waals surface area contributed by atoms with E-state index in [0.29, 0.717) is 35.5 Å². The maximum absolute atomic E-state index is 13.1. The Balaban J connectivity index is 1.85. The van der Waals surface area contributed by atoms with Gasteiger partial charge in [-0.3, -0.25) is 4.79 Å². The molecule has 0 atom stereocenters. The van der Waals surface area contributed by atoms with Gasteiger partial charge in [0.2, 0.25) is 0 Å². The number of rotatable bonds is 3. The minimum absolute atomic E-state index is 0.0343. The van der Waals surface area contributed by atoms with Crippen molar-refractivity contribution in [3.8, 4) is 5.75 Å². The third-order valence-corrected chi connectivity index (χ3v) is 3.39. The lowest BCUT2D eigenvalue weighted by atomic mass is 10.3. The standard InChI is InChI=1S/C15H14FN3O2/c1-9-6-11(20)8-15(21)19(9)5-4-14-17-12-3-2-10(16)7-13(12)18-14/h2-3,6-8,20H,4-5H2,1H3,(H,17,18). The Hall–Kier alpha value is -2.63. The number of aromatic nitrogens is 3. The molecule has 2 aromatic heterocycles. The fourth-order valence-electron chi connectivity index (χ4n) is 2.37. The summed E-state index contributed by atoms with van der Waals surface area (Å²) in [5.41, 5.74) is 1.76. The van der Waals surface area contributed by atoms with Gasteiger partial charge in [0.05, 0.1) is 11.0 Å². The highest BCUT2D eigenvalue weighted by atomic mass is 19.1. The lowest BCUT2D eigenvalue weighted by Crippen LogP contribution is -2.22. The van der Waals surface area contributed by atoms with E-state index in [1.807, 2.05) is 0 Å². The number of aromatic hydroxyl groups is 1. The third-order valence-electron chi connectivity index (χ3n) is 3.39. The van der Waals surface area contributed by atoms with Crippen molar-refractivity contribution < 1.29 is 9.50 Å². The molecule has 2 N–H and O–H groups in total. The average molecular weight is 287 g/mol. The van der Waals surface area contributed by atoms with E-state index in [0.717, 1.165) is 0 Å². The van der Waals surface area contributed by atoms with Crippen LogP contribution >= 0.6 is 0 Å². The second kappa shape index (κ2) is 5.05. The molecule has 0 saturated carbocycles. The Labute approximate surface area is 119 Å².